The molecule has 0 bridgehead atoms. The lowest BCUT2D eigenvalue weighted by molar-refractivity contribution is -0.0162. The second-order valence-corrected chi connectivity index (χ2v) is 8.27. The lowest BCUT2D eigenvalue weighted by Gasteiger charge is -2.35. The van der Waals surface area contributed by atoms with E-state index in [1.165, 1.54) is 12.1 Å². The van der Waals surface area contributed by atoms with E-state index in [0.29, 0.717) is 12.3 Å². The van der Waals surface area contributed by atoms with E-state index in [4.69, 9.17) is 0 Å². The van der Waals surface area contributed by atoms with Crippen LogP contribution in [0.3, 0.4) is 0 Å². The third-order valence-corrected chi connectivity index (χ3v) is 5.34. The van der Waals surface area contributed by atoms with E-state index in [1.807, 2.05) is 0 Å². The van der Waals surface area contributed by atoms with Gasteiger partial charge in [-0.25, -0.2) is 17.6 Å². The van der Waals surface area contributed by atoms with E-state index < -0.39 is 35.4 Å². The van der Waals surface area contributed by atoms with Crippen LogP contribution in [-0.4, -0.2) is 22.4 Å². The second-order valence-electron chi connectivity index (χ2n) is 8.27. The van der Waals surface area contributed by atoms with Crippen molar-refractivity contribution in [3.63, 3.8) is 0 Å². The molecule has 1 aromatic heterocycles. The average Bonchev–Trinajstić information content (AvgIpc) is 3.08. The first-order chi connectivity index (χ1) is 13.1. The largest absolute Gasteiger partial charge is 0.347 e. The Labute approximate surface area is 161 Å². The first-order valence-corrected chi connectivity index (χ1v) is 9.50. The van der Waals surface area contributed by atoms with Gasteiger partial charge in [0.25, 0.3) is 5.91 Å². The zero-order valence-electron chi connectivity index (χ0n) is 16.0. The third-order valence-electron chi connectivity index (χ3n) is 5.34. The summed E-state index contributed by atoms with van der Waals surface area (Å²) in [5.41, 5.74) is -1.13. The van der Waals surface area contributed by atoms with E-state index in [9.17, 15) is 22.4 Å². The lowest BCUT2D eigenvalue weighted by atomic mass is 9.83. The standard InChI is InChI=1S/C21H24F4N2O/c1-20(12-21(2,24)25,10-13-5-3-4-6-13)27-19(28)15-9-14-7-8-16(22)17(23)18(14)26-11-15/h7-9,11,13H,3-6,10,12H2,1-2H3,(H,27,28). The van der Waals surface area contributed by atoms with Crippen molar-refractivity contribution in [2.24, 2.45) is 5.92 Å². The molecule has 0 spiro atoms. The highest BCUT2D eigenvalue weighted by Gasteiger charge is 2.39. The Balaban J connectivity index is 1.84. The van der Waals surface area contributed by atoms with Crippen molar-refractivity contribution in [3.8, 4) is 0 Å². The molecule has 28 heavy (non-hydrogen) atoms. The highest BCUT2D eigenvalue weighted by molar-refractivity contribution is 5.97. The Kier molecular flexibility index (Phi) is 5.64. The van der Waals surface area contributed by atoms with E-state index in [-0.39, 0.29) is 16.5 Å². The Morgan fingerprint density at radius 3 is 2.54 bits per heavy atom. The Morgan fingerprint density at radius 2 is 1.89 bits per heavy atom. The predicted octanol–water partition coefficient (Wildman–Crippen LogP) is 5.63. The minimum atomic E-state index is -2.93. The summed E-state index contributed by atoms with van der Waals surface area (Å²) in [6.07, 6.45) is 5.25. The number of carbonyl (C=O) groups is 1. The van der Waals surface area contributed by atoms with Crippen LogP contribution in [0.25, 0.3) is 10.9 Å². The molecular formula is C21H24F4N2O. The van der Waals surface area contributed by atoms with Gasteiger partial charge in [-0.2, -0.15) is 0 Å². The van der Waals surface area contributed by atoms with Crippen LogP contribution in [0, 0.1) is 17.6 Å². The summed E-state index contributed by atoms with van der Waals surface area (Å²) in [4.78, 5) is 16.6. The van der Waals surface area contributed by atoms with Gasteiger partial charge >= 0.3 is 0 Å². The highest BCUT2D eigenvalue weighted by atomic mass is 19.3. The maximum Gasteiger partial charge on any atom is 0.253 e. The fraction of sp³-hybridized carbons (Fsp3) is 0.524. The molecule has 3 nitrogen and oxygen atoms in total. The Bertz CT molecular complexity index is 875. The number of carbonyl (C=O) groups excluding carboxylic acids is 1. The summed E-state index contributed by atoms with van der Waals surface area (Å²) in [6.45, 7) is 2.49. The summed E-state index contributed by atoms with van der Waals surface area (Å²) in [6, 6.07) is 3.68. The van der Waals surface area contributed by atoms with E-state index in [1.54, 1.807) is 6.92 Å². The normalized spacial score (nSPS) is 17.6. The van der Waals surface area contributed by atoms with Crippen LogP contribution in [0.4, 0.5) is 17.6 Å². The summed E-state index contributed by atoms with van der Waals surface area (Å²) in [7, 11) is 0. The average molecular weight is 396 g/mol. The van der Waals surface area contributed by atoms with Gasteiger partial charge in [0.05, 0.1) is 5.56 Å². The van der Waals surface area contributed by atoms with Crippen LogP contribution in [0.1, 0.15) is 62.7 Å². The van der Waals surface area contributed by atoms with Crippen molar-refractivity contribution in [2.75, 3.05) is 0 Å². The molecular weight excluding hydrogens is 372 g/mol. The highest BCUT2D eigenvalue weighted by Crippen LogP contribution is 2.36. The van der Waals surface area contributed by atoms with Gasteiger partial charge in [0.15, 0.2) is 11.6 Å². The fourth-order valence-electron chi connectivity index (χ4n) is 4.32. The molecule has 1 aliphatic carbocycles. The first-order valence-electron chi connectivity index (χ1n) is 9.50. The molecule has 3 rings (SSSR count). The third kappa shape index (κ3) is 4.80. The molecule has 1 saturated carbocycles. The van der Waals surface area contributed by atoms with Gasteiger partial charge in [0.1, 0.15) is 5.52 Å². The van der Waals surface area contributed by atoms with Crippen molar-refractivity contribution in [1.82, 2.24) is 10.3 Å². The number of alkyl halides is 2. The number of hydrogen-bond donors (Lipinski definition) is 1. The van der Waals surface area contributed by atoms with Crippen LogP contribution < -0.4 is 5.32 Å². The molecule has 0 aliphatic heterocycles. The number of aromatic nitrogens is 1. The number of rotatable bonds is 6. The number of benzene rings is 1. The van der Waals surface area contributed by atoms with Gasteiger partial charge in [-0.15, -0.1) is 0 Å². The van der Waals surface area contributed by atoms with Crippen LogP contribution in [-0.2, 0) is 0 Å². The molecule has 7 heteroatoms. The number of amides is 1. The quantitative estimate of drug-likeness (QED) is 0.643. The van der Waals surface area contributed by atoms with Gasteiger partial charge in [-0.3, -0.25) is 9.78 Å². The number of pyridine rings is 1. The summed E-state index contributed by atoms with van der Waals surface area (Å²) < 4.78 is 54.7. The van der Waals surface area contributed by atoms with Crippen LogP contribution in [0.2, 0.25) is 0 Å². The lowest BCUT2D eigenvalue weighted by Crippen LogP contribution is -2.50. The molecule has 1 heterocycles. The van der Waals surface area contributed by atoms with Crippen LogP contribution >= 0.6 is 0 Å². The molecule has 1 aromatic carbocycles. The summed E-state index contributed by atoms with van der Waals surface area (Å²) in [5.74, 6) is -5.28. The molecule has 1 amide bonds. The minimum absolute atomic E-state index is 0.121. The molecule has 0 saturated heterocycles. The minimum Gasteiger partial charge on any atom is -0.347 e. The summed E-state index contributed by atoms with van der Waals surface area (Å²) in [5, 5.41) is 3.03. The molecule has 1 N–H and O–H groups in total. The van der Waals surface area contributed by atoms with Crippen molar-refractivity contribution >= 4 is 16.8 Å². The fourth-order valence-corrected chi connectivity index (χ4v) is 4.32. The van der Waals surface area contributed by atoms with Gasteiger partial charge in [-0.05, 0) is 44.4 Å². The van der Waals surface area contributed by atoms with Gasteiger partial charge in [0, 0.05) is 23.5 Å². The van der Waals surface area contributed by atoms with Gasteiger partial charge < -0.3 is 5.32 Å². The van der Waals surface area contributed by atoms with E-state index >= 15 is 0 Å². The number of nitrogens with zero attached hydrogens (tertiary/aromatic N) is 1. The topological polar surface area (TPSA) is 42.0 Å². The molecule has 1 unspecified atom stereocenters. The second kappa shape index (κ2) is 7.68. The number of halogens is 4. The Morgan fingerprint density at radius 1 is 1.21 bits per heavy atom. The zero-order valence-corrected chi connectivity index (χ0v) is 16.0. The monoisotopic (exact) mass is 396 g/mol. The summed E-state index contributed by atoms with van der Waals surface area (Å²) >= 11 is 0. The predicted molar refractivity (Wildman–Crippen MR) is 99.3 cm³/mol. The van der Waals surface area contributed by atoms with Crippen LogP contribution in [0.5, 0.6) is 0 Å². The SMILES string of the molecule is CC(F)(F)CC(C)(CC1CCCC1)NC(=O)c1cnc2c(F)c(F)ccc2c1. The van der Waals surface area contributed by atoms with Gasteiger partial charge in [-0.1, -0.05) is 25.7 Å². The maximum absolute atomic E-state index is 13.8. The molecule has 0 radical (unpaired) electrons. The number of nitrogens with one attached hydrogen (secondary N) is 1. The molecule has 1 fully saturated rings. The van der Waals surface area contributed by atoms with E-state index in [0.717, 1.165) is 44.9 Å². The first kappa shape index (κ1) is 20.6. The molecule has 1 aliphatic rings. The van der Waals surface area contributed by atoms with Crippen molar-refractivity contribution in [2.45, 2.75) is 63.8 Å². The van der Waals surface area contributed by atoms with E-state index in [2.05, 4.69) is 10.3 Å². The van der Waals surface area contributed by atoms with Crippen LogP contribution in [0.15, 0.2) is 24.4 Å². The smallest absolute Gasteiger partial charge is 0.253 e. The van der Waals surface area contributed by atoms with Crippen molar-refractivity contribution in [1.29, 1.82) is 0 Å². The number of hydrogen-bond acceptors (Lipinski definition) is 2. The molecule has 1 atom stereocenters. The number of fused-ring (bicyclic) bond motifs is 1. The van der Waals surface area contributed by atoms with Gasteiger partial charge in [0.2, 0.25) is 5.92 Å². The maximum atomic E-state index is 13.8. The van der Waals surface area contributed by atoms with Crippen molar-refractivity contribution < 1.29 is 22.4 Å². The zero-order chi connectivity index (χ0) is 20.5. The molecule has 152 valence electrons. The van der Waals surface area contributed by atoms with Crippen molar-refractivity contribution in [3.05, 3.63) is 41.6 Å². The molecule has 2 aromatic rings. The Hall–Kier alpha value is -2.18.